The molecule has 1 N–H and O–H groups in total. The lowest BCUT2D eigenvalue weighted by Crippen LogP contribution is -2.48. The third-order valence-corrected chi connectivity index (χ3v) is 6.59. The monoisotopic (exact) mass is 369 g/mol. The summed E-state index contributed by atoms with van der Waals surface area (Å²) in [5, 5.41) is 2.70. The molecule has 0 radical (unpaired) electrons. The van der Waals surface area contributed by atoms with Crippen LogP contribution in [0.15, 0.2) is 30.3 Å². The van der Waals surface area contributed by atoms with E-state index in [-0.39, 0.29) is 30.3 Å². The first-order valence-electron chi connectivity index (χ1n) is 10.0. The van der Waals surface area contributed by atoms with E-state index in [4.69, 9.17) is 4.74 Å². The zero-order valence-electron chi connectivity index (χ0n) is 15.6. The van der Waals surface area contributed by atoms with Crippen molar-refractivity contribution in [3.8, 4) is 0 Å². The Morgan fingerprint density at radius 1 is 0.963 bits per heavy atom. The van der Waals surface area contributed by atoms with Crippen molar-refractivity contribution in [1.29, 1.82) is 0 Å². The first kappa shape index (κ1) is 18.2. The first-order valence-corrected chi connectivity index (χ1v) is 10.0. The van der Waals surface area contributed by atoms with Gasteiger partial charge in [-0.15, -0.1) is 0 Å². The lowest BCUT2D eigenvalue weighted by atomic mass is 9.49. The second-order valence-electron chi connectivity index (χ2n) is 8.82. The van der Waals surface area contributed by atoms with Gasteiger partial charge in [-0.2, -0.15) is 0 Å². The van der Waals surface area contributed by atoms with Crippen LogP contribution in [0.4, 0.5) is 0 Å². The van der Waals surface area contributed by atoms with Gasteiger partial charge in [0.15, 0.2) is 12.4 Å². The molecule has 5 rings (SSSR count). The molecule has 0 aliphatic heterocycles. The molecule has 4 fully saturated rings. The number of hydrogen-bond acceptors (Lipinski definition) is 4. The maximum Gasteiger partial charge on any atom is 0.325 e. The number of carbonyl (C=O) groups excluding carboxylic acids is 3. The summed E-state index contributed by atoms with van der Waals surface area (Å²) < 4.78 is 5.00. The lowest BCUT2D eigenvalue weighted by Gasteiger charge is -2.56. The van der Waals surface area contributed by atoms with Crippen LogP contribution in [0.2, 0.25) is 0 Å². The maximum absolute atomic E-state index is 12.4. The molecule has 0 heterocycles. The zero-order chi connectivity index (χ0) is 18.9. The Bertz CT molecular complexity index is 692. The van der Waals surface area contributed by atoms with E-state index in [2.05, 4.69) is 5.32 Å². The van der Waals surface area contributed by atoms with Gasteiger partial charge in [-0.3, -0.25) is 14.4 Å². The highest BCUT2D eigenvalue weighted by molar-refractivity contribution is 5.98. The molecule has 1 amide bonds. The lowest BCUT2D eigenvalue weighted by molar-refractivity contribution is -0.143. The standard InChI is InChI=1S/C22H27NO4/c24-19(18-4-2-1-3-5-18)14-27-21(26)13-23-20(25)12-22-9-15-6-16(10-22)8-17(7-15)11-22/h1-5,15-17H,6-14H2,(H,23,25). The molecule has 0 aromatic heterocycles. The van der Waals surface area contributed by atoms with Crippen LogP contribution >= 0.6 is 0 Å². The van der Waals surface area contributed by atoms with Gasteiger partial charge in [0.05, 0.1) is 0 Å². The SMILES string of the molecule is O=C(CC12CC3CC(CC(C3)C1)C2)NCC(=O)OCC(=O)c1ccccc1. The third-order valence-electron chi connectivity index (χ3n) is 6.59. The predicted octanol–water partition coefficient (Wildman–Crippen LogP) is 3.14. The highest BCUT2D eigenvalue weighted by Gasteiger charge is 2.51. The molecule has 4 saturated carbocycles. The Kier molecular flexibility index (Phi) is 5.02. The molecule has 4 aliphatic carbocycles. The molecular formula is C22H27NO4. The summed E-state index contributed by atoms with van der Waals surface area (Å²) in [6.45, 7) is -0.471. The predicted molar refractivity (Wildman–Crippen MR) is 100.0 cm³/mol. The van der Waals surface area contributed by atoms with Crippen LogP contribution in [0.5, 0.6) is 0 Å². The van der Waals surface area contributed by atoms with Gasteiger partial charge in [-0.05, 0) is 61.7 Å². The van der Waals surface area contributed by atoms with Crippen molar-refractivity contribution in [2.45, 2.75) is 44.9 Å². The van der Waals surface area contributed by atoms with Gasteiger partial charge in [-0.25, -0.2) is 0 Å². The van der Waals surface area contributed by atoms with Crippen LogP contribution in [0.25, 0.3) is 0 Å². The fraction of sp³-hybridized carbons (Fsp3) is 0.591. The molecule has 27 heavy (non-hydrogen) atoms. The van der Waals surface area contributed by atoms with Crippen LogP contribution in [-0.4, -0.2) is 30.8 Å². The number of nitrogens with one attached hydrogen (secondary N) is 1. The van der Waals surface area contributed by atoms with Crippen molar-refractivity contribution in [3.05, 3.63) is 35.9 Å². The highest BCUT2D eigenvalue weighted by Crippen LogP contribution is 2.61. The van der Waals surface area contributed by atoms with Crippen LogP contribution in [0, 0.1) is 23.2 Å². The summed E-state index contributed by atoms with van der Waals surface area (Å²) >= 11 is 0. The molecule has 0 unspecified atom stereocenters. The molecule has 5 heteroatoms. The number of carbonyl (C=O) groups is 3. The number of hydrogen-bond donors (Lipinski definition) is 1. The summed E-state index contributed by atoms with van der Waals surface area (Å²) in [4.78, 5) is 36.2. The second kappa shape index (κ2) is 7.45. The largest absolute Gasteiger partial charge is 0.456 e. The van der Waals surface area contributed by atoms with Crippen LogP contribution in [0.3, 0.4) is 0 Å². The van der Waals surface area contributed by atoms with Gasteiger partial charge >= 0.3 is 5.97 Å². The number of esters is 1. The number of Topliss-reactive ketones (excluding diaryl/α,β-unsaturated/α-hetero) is 1. The molecule has 4 aliphatic rings. The van der Waals surface area contributed by atoms with E-state index in [0.29, 0.717) is 12.0 Å². The Morgan fingerprint density at radius 2 is 1.56 bits per heavy atom. The average molecular weight is 369 g/mol. The van der Waals surface area contributed by atoms with E-state index >= 15 is 0 Å². The summed E-state index contributed by atoms with van der Waals surface area (Å²) in [5.74, 6) is 1.53. The van der Waals surface area contributed by atoms with Crippen molar-refractivity contribution in [2.24, 2.45) is 23.2 Å². The van der Waals surface area contributed by atoms with E-state index in [9.17, 15) is 14.4 Å². The highest BCUT2D eigenvalue weighted by atomic mass is 16.5. The van der Waals surface area contributed by atoms with E-state index in [1.807, 2.05) is 6.07 Å². The molecule has 5 nitrogen and oxygen atoms in total. The van der Waals surface area contributed by atoms with E-state index in [1.54, 1.807) is 24.3 Å². The first-order chi connectivity index (χ1) is 13.0. The fourth-order valence-corrected chi connectivity index (χ4v) is 5.98. The Hall–Kier alpha value is -2.17. The van der Waals surface area contributed by atoms with E-state index < -0.39 is 5.97 Å². The van der Waals surface area contributed by atoms with Gasteiger partial charge in [0.1, 0.15) is 6.54 Å². The Balaban J connectivity index is 1.20. The summed E-state index contributed by atoms with van der Waals surface area (Å²) in [5.41, 5.74) is 0.669. The van der Waals surface area contributed by atoms with Crippen molar-refractivity contribution in [3.63, 3.8) is 0 Å². The molecule has 4 bridgehead atoms. The smallest absolute Gasteiger partial charge is 0.325 e. The quantitative estimate of drug-likeness (QED) is 0.592. The molecule has 0 atom stereocenters. The van der Waals surface area contributed by atoms with Crippen molar-refractivity contribution < 1.29 is 19.1 Å². The van der Waals surface area contributed by atoms with Crippen LogP contribution in [-0.2, 0) is 14.3 Å². The molecule has 1 aromatic carbocycles. The fourth-order valence-electron chi connectivity index (χ4n) is 5.98. The molecule has 144 valence electrons. The molecule has 1 aromatic rings. The van der Waals surface area contributed by atoms with E-state index in [1.165, 1.54) is 38.5 Å². The summed E-state index contributed by atoms with van der Waals surface area (Å²) in [6, 6.07) is 8.72. The number of benzene rings is 1. The van der Waals surface area contributed by atoms with Gasteiger partial charge in [0.2, 0.25) is 5.91 Å². The van der Waals surface area contributed by atoms with Gasteiger partial charge < -0.3 is 10.1 Å². The van der Waals surface area contributed by atoms with Crippen LogP contribution < -0.4 is 5.32 Å². The molecule has 0 saturated heterocycles. The van der Waals surface area contributed by atoms with Crippen molar-refractivity contribution in [1.82, 2.24) is 5.32 Å². The minimum Gasteiger partial charge on any atom is -0.456 e. The number of rotatable bonds is 7. The van der Waals surface area contributed by atoms with Crippen molar-refractivity contribution >= 4 is 17.7 Å². The minimum atomic E-state index is -0.571. The second-order valence-corrected chi connectivity index (χ2v) is 8.82. The topological polar surface area (TPSA) is 72.5 Å². The Morgan fingerprint density at radius 3 is 2.15 bits per heavy atom. The normalized spacial score (nSPS) is 30.7. The average Bonchev–Trinajstić information content (AvgIpc) is 2.63. The van der Waals surface area contributed by atoms with Crippen molar-refractivity contribution in [2.75, 3.05) is 13.2 Å². The number of amides is 1. The van der Waals surface area contributed by atoms with Gasteiger partial charge in [-0.1, -0.05) is 30.3 Å². The van der Waals surface area contributed by atoms with Gasteiger partial charge in [0, 0.05) is 12.0 Å². The van der Waals surface area contributed by atoms with Gasteiger partial charge in [0.25, 0.3) is 0 Å². The number of ether oxygens (including phenoxy) is 1. The third kappa shape index (κ3) is 4.23. The summed E-state index contributed by atoms with van der Waals surface area (Å²) in [7, 11) is 0. The Labute approximate surface area is 159 Å². The van der Waals surface area contributed by atoms with E-state index in [0.717, 1.165) is 17.8 Å². The molecular weight excluding hydrogens is 342 g/mol. The number of ketones is 1. The zero-order valence-corrected chi connectivity index (χ0v) is 15.6. The van der Waals surface area contributed by atoms with Crippen LogP contribution in [0.1, 0.15) is 55.3 Å². The minimum absolute atomic E-state index is 0.0664. The summed E-state index contributed by atoms with van der Waals surface area (Å²) in [6.07, 6.45) is 8.08. The molecule has 0 spiro atoms. The maximum atomic E-state index is 12.4.